The Morgan fingerprint density at radius 2 is 2.26 bits per heavy atom. The lowest BCUT2D eigenvalue weighted by Gasteiger charge is -2.23. The summed E-state index contributed by atoms with van der Waals surface area (Å²) in [6.07, 6.45) is 2.20. The van der Waals surface area contributed by atoms with Crippen molar-refractivity contribution in [3.8, 4) is 11.1 Å². The number of aromatic nitrogens is 1. The molecule has 2 heterocycles. The van der Waals surface area contributed by atoms with Gasteiger partial charge >= 0.3 is 0 Å². The number of benzene rings is 1. The summed E-state index contributed by atoms with van der Waals surface area (Å²) < 4.78 is 5.16. The number of nitrogens with zero attached hydrogens (tertiary/aromatic N) is 2. The van der Waals surface area contributed by atoms with Crippen molar-refractivity contribution in [2.24, 2.45) is 0 Å². The summed E-state index contributed by atoms with van der Waals surface area (Å²) in [4.78, 5) is 11.1. The first-order valence-electron chi connectivity index (χ1n) is 7.62. The summed E-state index contributed by atoms with van der Waals surface area (Å²) in [7, 11) is 0. The molecule has 0 amide bonds. The van der Waals surface area contributed by atoms with E-state index < -0.39 is 0 Å². The fraction of sp³-hybridized carbons (Fsp3) is 0.438. The minimum Gasteiger partial charge on any atom is -0.376 e. The first kappa shape index (κ1) is 15.9. The van der Waals surface area contributed by atoms with Crippen LogP contribution in [0.3, 0.4) is 0 Å². The minimum atomic E-state index is -0.333. The SMILES string of the molecule is Cc1noc(C)c1-c1ccc(NC2CCCSC2)c([N+](=O)[O-])c1. The summed E-state index contributed by atoms with van der Waals surface area (Å²) in [5.74, 6) is 2.83. The molecular formula is C16H19N3O3S. The summed E-state index contributed by atoms with van der Waals surface area (Å²) >= 11 is 1.89. The highest BCUT2D eigenvalue weighted by Crippen LogP contribution is 2.34. The van der Waals surface area contributed by atoms with E-state index >= 15 is 0 Å². The van der Waals surface area contributed by atoms with Gasteiger partial charge in [-0.3, -0.25) is 10.1 Å². The summed E-state index contributed by atoms with van der Waals surface area (Å²) in [5, 5.41) is 18.7. The van der Waals surface area contributed by atoms with E-state index in [4.69, 9.17) is 4.52 Å². The number of nitrogens with one attached hydrogen (secondary N) is 1. The predicted octanol–water partition coefficient (Wildman–Crippen LogP) is 4.17. The second-order valence-electron chi connectivity index (χ2n) is 5.75. The van der Waals surface area contributed by atoms with Crippen LogP contribution in [0.15, 0.2) is 22.7 Å². The second-order valence-corrected chi connectivity index (χ2v) is 6.90. The molecule has 1 aromatic heterocycles. The number of nitro benzene ring substituents is 1. The van der Waals surface area contributed by atoms with Gasteiger partial charge in [0.25, 0.3) is 5.69 Å². The van der Waals surface area contributed by atoms with Crippen LogP contribution in [0.2, 0.25) is 0 Å². The number of hydrogen-bond donors (Lipinski definition) is 1. The highest BCUT2D eigenvalue weighted by atomic mass is 32.2. The maximum Gasteiger partial charge on any atom is 0.292 e. The van der Waals surface area contributed by atoms with Crippen LogP contribution in [-0.4, -0.2) is 27.6 Å². The van der Waals surface area contributed by atoms with Crippen LogP contribution in [-0.2, 0) is 0 Å². The topological polar surface area (TPSA) is 81.2 Å². The Labute approximate surface area is 138 Å². The Morgan fingerprint density at radius 3 is 2.87 bits per heavy atom. The Bertz CT molecular complexity index is 704. The molecule has 1 saturated heterocycles. The fourth-order valence-electron chi connectivity index (χ4n) is 2.93. The standard InChI is InChI=1S/C16H19N3O3S/c1-10-16(11(2)22-18-10)12-5-6-14(15(8-12)19(20)21)17-13-4-3-7-23-9-13/h5-6,8,13,17H,3-4,7,9H2,1-2H3. The van der Waals surface area contributed by atoms with E-state index in [9.17, 15) is 10.1 Å². The molecule has 1 atom stereocenters. The molecule has 1 fully saturated rings. The molecule has 0 spiro atoms. The fourth-order valence-corrected chi connectivity index (χ4v) is 4.00. The minimum absolute atomic E-state index is 0.0954. The second kappa shape index (κ2) is 6.62. The number of rotatable bonds is 4. The number of hydrogen-bond acceptors (Lipinski definition) is 6. The zero-order valence-electron chi connectivity index (χ0n) is 13.2. The van der Waals surface area contributed by atoms with E-state index in [1.807, 2.05) is 31.7 Å². The third-order valence-corrected chi connectivity index (χ3v) is 5.25. The normalized spacial score (nSPS) is 17.9. The first-order valence-corrected chi connectivity index (χ1v) is 8.77. The molecule has 3 rings (SSSR count). The molecule has 1 unspecified atom stereocenters. The van der Waals surface area contributed by atoms with Gasteiger partial charge in [0.15, 0.2) is 0 Å². The molecule has 1 N–H and O–H groups in total. The Balaban J connectivity index is 1.94. The van der Waals surface area contributed by atoms with Crippen LogP contribution < -0.4 is 5.32 Å². The molecular weight excluding hydrogens is 314 g/mol. The number of anilines is 1. The smallest absolute Gasteiger partial charge is 0.292 e. The van der Waals surface area contributed by atoms with Gasteiger partial charge in [-0.1, -0.05) is 11.2 Å². The zero-order valence-corrected chi connectivity index (χ0v) is 14.0. The van der Waals surface area contributed by atoms with Crippen molar-refractivity contribution in [3.05, 3.63) is 39.8 Å². The molecule has 122 valence electrons. The lowest BCUT2D eigenvalue weighted by molar-refractivity contribution is -0.383. The highest BCUT2D eigenvalue weighted by molar-refractivity contribution is 7.99. The van der Waals surface area contributed by atoms with E-state index in [1.165, 1.54) is 5.75 Å². The van der Waals surface area contributed by atoms with E-state index in [0.717, 1.165) is 35.4 Å². The maximum absolute atomic E-state index is 11.5. The number of thioether (sulfide) groups is 1. The molecule has 0 aliphatic carbocycles. The van der Waals surface area contributed by atoms with Crippen molar-refractivity contribution in [3.63, 3.8) is 0 Å². The third kappa shape index (κ3) is 3.34. The molecule has 0 bridgehead atoms. The number of nitro groups is 1. The zero-order chi connectivity index (χ0) is 16.4. The third-order valence-electron chi connectivity index (χ3n) is 4.04. The quantitative estimate of drug-likeness (QED) is 0.668. The van der Waals surface area contributed by atoms with Gasteiger partial charge < -0.3 is 9.84 Å². The van der Waals surface area contributed by atoms with Gasteiger partial charge in [0, 0.05) is 23.4 Å². The van der Waals surface area contributed by atoms with Crippen LogP contribution in [0.4, 0.5) is 11.4 Å². The summed E-state index contributed by atoms with van der Waals surface area (Å²) in [6, 6.07) is 5.57. The van der Waals surface area contributed by atoms with Crippen molar-refractivity contribution in [1.29, 1.82) is 0 Å². The van der Waals surface area contributed by atoms with Crippen molar-refractivity contribution in [2.45, 2.75) is 32.7 Å². The largest absolute Gasteiger partial charge is 0.376 e. The maximum atomic E-state index is 11.5. The Kier molecular flexibility index (Phi) is 4.56. The molecule has 1 aliphatic rings. The lowest BCUT2D eigenvalue weighted by Crippen LogP contribution is -2.26. The van der Waals surface area contributed by atoms with Gasteiger partial charge in [-0.05, 0) is 44.1 Å². The van der Waals surface area contributed by atoms with E-state index in [0.29, 0.717) is 11.4 Å². The van der Waals surface area contributed by atoms with Crippen LogP contribution in [0, 0.1) is 24.0 Å². The molecule has 23 heavy (non-hydrogen) atoms. The van der Waals surface area contributed by atoms with Gasteiger partial charge in [0.2, 0.25) is 0 Å². The molecule has 6 nitrogen and oxygen atoms in total. The molecule has 2 aromatic rings. The molecule has 1 aromatic carbocycles. The van der Waals surface area contributed by atoms with Crippen molar-refractivity contribution in [1.82, 2.24) is 5.16 Å². The van der Waals surface area contributed by atoms with Gasteiger partial charge in [0.05, 0.1) is 10.6 Å². The summed E-state index contributed by atoms with van der Waals surface area (Å²) in [5.41, 5.74) is 3.00. The average Bonchev–Trinajstić information content (AvgIpc) is 2.88. The van der Waals surface area contributed by atoms with E-state index in [1.54, 1.807) is 12.1 Å². The number of aryl methyl sites for hydroxylation is 2. The van der Waals surface area contributed by atoms with E-state index in [2.05, 4.69) is 10.5 Å². The first-order chi connectivity index (χ1) is 11.1. The monoisotopic (exact) mass is 333 g/mol. The predicted molar refractivity (Wildman–Crippen MR) is 92.0 cm³/mol. The highest BCUT2D eigenvalue weighted by Gasteiger charge is 2.22. The Hall–Kier alpha value is -2.02. The van der Waals surface area contributed by atoms with Crippen molar-refractivity contribution < 1.29 is 9.45 Å². The van der Waals surface area contributed by atoms with Crippen LogP contribution in [0.1, 0.15) is 24.3 Å². The van der Waals surface area contributed by atoms with Gasteiger partial charge in [-0.15, -0.1) is 0 Å². The van der Waals surface area contributed by atoms with Gasteiger partial charge in [-0.25, -0.2) is 0 Å². The van der Waals surface area contributed by atoms with Crippen molar-refractivity contribution in [2.75, 3.05) is 16.8 Å². The van der Waals surface area contributed by atoms with Crippen LogP contribution in [0.25, 0.3) is 11.1 Å². The molecule has 0 radical (unpaired) electrons. The average molecular weight is 333 g/mol. The van der Waals surface area contributed by atoms with Crippen LogP contribution in [0.5, 0.6) is 0 Å². The lowest BCUT2D eigenvalue weighted by atomic mass is 10.0. The molecule has 1 aliphatic heterocycles. The molecule has 0 saturated carbocycles. The molecule has 7 heteroatoms. The van der Waals surface area contributed by atoms with E-state index in [-0.39, 0.29) is 16.7 Å². The van der Waals surface area contributed by atoms with Gasteiger partial charge in [0.1, 0.15) is 11.4 Å². The van der Waals surface area contributed by atoms with Crippen molar-refractivity contribution >= 4 is 23.1 Å². The van der Waals surface area contributed by atoms with Crippen LogP contribution >= 0.6 is 11.8 Å². The van der Waals surface area contributed by atoms with Gasteiger partial charge in [-0.2, -0.15) is 11.8 Å². The Morgan fingerprint density at radius 1 is 1.43 bits per heavy atom. The summed E-state index contributed by atoms with van der Waals surface area (Å²) in [6.45, 7) is 3.65.